The molecule has 0 spiro atoms. The molecule has 146 valence electrons. The number of nitrogens with zero attached hydrogens (tertiary/aromatic N) is 1. The number of carbonyl (C=O) groups is 2. The van der Waals surface area contributed by atoms with E-state index in [-0.39, 0.29) is 12.6 Å². The summed E-state index contributed by atoms with van der Waals surface area (Å²) in [6, 6.07) is 0.715. The molecule has 0 saturated carbocycles. The Balaban J connectivity index is 3.03. The van der Waals surface area contributed by atoms with Crippen molar-refractivity contribution < 1.29 is 41.0 Å². The van der Waals surface area contributed by atoms with E-state index < -0.39 is 54.1 Å². The number of carboxylic acids is 1. The van der Waals surface area contributed by atoms with Gasteiger partial charge in [-0.05, 0) is 31.2 Å². The van der Waals surface area contributed by atoms with Crippen LogP contribution in [0.15, 0.2) is 18.2 Å². The van der Waals surface area contributed by atoms with Gasteiger partial charge in [0.25, 0.3) is 0 Å². The van der Waals surface area contributed by atoms with Crippen molar-refractivity contribution in [3.05, 3.63) is 29.3 Å². The van der Waals surface area contributed by atoms with Gasteiger partial charge in [-0.15, -0.1) is 0 Å². The molecule has 1 aromatic rings. The molecular weight excluding hydrogens is 370 g/mol. The van der Waals surface area contributed by atoms with Gasteiger partial charge in [0.1, 0.15) is 0 Å². The van der Waals surface area contributed by atoms with Crippen LogP contribution in [0.1, 0.15) is 24.5 Å². The summed E-state index contributed by atoms with van der Waals surface area (Å²) in [4.78, 5) is 23.8. The second kappa shape index (κ2) is 8.39. The minimum absolute atomic E-state index is 0.0521. The van der Waals surface area contributed by atoms with Crippen LogP contribution < -0.4 is 5.32 Å². The summed E-state index contributed by atoms with van der Waals surface area (Å²) in [5.74, 6) is -2.14. The molecule has 1 aromatic carbocycles. The third kappa shape index (κ3) is 6.90. The molecule has 0 saturated heterocycles. The molecule has 11 heteroatoms. The first-order valence-corrected chi connectivity index (χ1v) is 7.36. The molecule has 2 N–H and O–H groups in total. The number of benzene rings is 1. The van der Waals surface area contributed by atoms with Gasteiger partial charge >= 0.3 is 18.3 Å². The van der Waals surface area contributed by atoms with Crippen LogP contribution in [0.3, 0.4) is 0 Å². The van der Waals surface area contributed by atoms with Crippen LogP contribution >= 0.6 is 0 Å². The highest BCUT2D eigenvalue weighted by Crippen LogP contribution is 2.37. The number of aliphatic carboxylic acids is 1. The number of anilines is 1. The fourth-order valence-corrected chi connectivity index (χ4v) is 2.15. The molecular formula is C15H16F6N2O3. The zero-order valence-electron chi connectivity index (χ0n) is 13.5. The summed E-state index contributed by atoms with van der Waals surface area (Å²) in [6.45, 7) is 0.959. The number of rotatable bonds is 7. The topological polar surface area (TPSA) is 69.6 Å². The smallest absolute Gasteiger partial charge is 0.416 e. The summed E-state index contributed by atoms with van der Waals surface area (Å²) >= 11 is 0. The standard InChI is InChI=1S/C15H16F6N2O3/c1-2-3-23(8-13(25)26)7-12(24)22-11-5-9(14(16,17)18)4-10(6-11)15(19,20)21/h4-6H,2-3,7-8H2,1H3,(H,22,24)(H,25,26). The first-order valence-electron chi connectivity index (χ1n) is 7.36. The largest absolute Gasteiger partial charge is 0.480 e. The van der Waals surface area contributed by atoms with E-state index in [4.69, 9.17) is 5.11 Å². The molecule has 0 fully saturated rings. The Morgan fingerprint density at radius 2 is 1.50 bits per heavy atom. The van der Waals surface area contributed by atoms with Crippen molar-refractivity contribution in [1.82, 2.24) is 4.90 Å². The molecule has 0 unspecified atom stereocenters. The predicted octanol–water partition coefficient (Wildman–Crippen LogP) is 3.46. The number of hydrogen-bond acceptors (Lipinski definition) is 3. The minimum atomic E-state index is -5.03. The van der Waals surface area contributed by atoms with Crippen LogP contribution in [-0.2, 0) is 21.9 Å². The Labute approximate surface area is 144 Å². The average molecular weight is 386 g/mol. The molecule has 0 bridgehead atoms. The summed E-state index contributed by atoms with van der Waals surface area (Å²) in [6.07, 6.45) is -9.56. The van der Waals surface area contributed by atoms with E-state index in [0.29, 0.717) is 18.6 Å². The molecule has 0 aliphatic carbocycles. The maximum atomic E-state index is 12.8. The fourth-order valence-electron chi connectivity index (χ4n) is 2.15. The van der Waals surface area contributed by atoms with Crippen molar-refractivity contribution in [1.29, 1.82) is 0 Å². The lowest BCUT2D eigenvalue weighted by atomic mass is 10.1. The number of nitrogens with one attached hydrogen (secondary N) is 1. The van der Waals surface area contributed by atoms with Gasteiger partial charge in [-0.2, -0.15) is 26.3 Å². The van der Waals surface area contributed by atoms with Crippen LogP contribution in [0.2, 0.25) is 0 Å². The third-order valence-electron chi connectivity index (χ3n) is 3.14. The van der Waals surface area contributed by atoms with E-state index in [9.17, 15) is 35.9 Å². The molecule has 0 aromatic heterocycles. The number of amides is 1. The van der Waals surface area contributed by atoms with Crippen LogP contribution in [0.4, 0.5) is 32.0 Å². The zero-order chi connectivity index (χ0) is 20.1. The van der Waals surface area contributed by atoms with Gasteiger partial charge in [0, 0.05) is 5.69 Å². The highest BCUT2D eigenvalue weighted by atomic mass is 19.4. The molecule has 5 nitrogen and oxygen atoms in total. The van der Waals surface area contributed by atoms with Crippen LogP contribution in [0.5, 0.6) is 0 Å². The van der Waals surface area contributed by atoms with Crippen molar-refractivity contribution in [3.63, 3.8) is 0 Å². The SMILES string of the molecule is CCCN(CC(=O)O)CC(=O)Nc1cc(C(F)(F)F)cc(C(F)(F)F)c1. The van der Waals surface area contributed by atoms with Crippen molar-refractivity contribution in [2.45, 2.75) is 25.7 Å². The van der Waals surface area contributed by atoms with Gasteiger partial charge in [-0.3, -0.25) is 14.5 Å². The monoisotopic (exact) mass is 386 g/mol. The van der Waals surface area contributed by atoms with Gasteiger partial charge < -0.3 is 10.4 Å². The minimum Gasteiger partial charge on any atom is -0.480 e. The van der Waals surface area contributed by atoms with Gasteiger partial charge in [0.15, 0.2) is 0 Å². The van der Waals surface area contributed by atoms with Crippen molar-refractivity contribution in [3.8, 4) is 0 Å². The van der Waals surface area contributed by atoms with Gasteiger partial charge in [0.2, 0.25) is 5.91 Å². The summed E-state index contributed by atoms with van der Waals surface area (Å²) < 4.78 is 76.6. The Bertz CT molecular complexity index is 626. The molecule has 0 aliphatic rings. The lowest BCUT2D eigenvalue weighted by Crippen LogP contribution is -2.37. The highest BCUT2D eigenvalue weighted by Gasteiger charge is 2.37. The van der Waals surface area contributed by atoms with Crippen molar-refractivity contribution in [2.24, 2.45) is 0 Å². The molecule has 1 amide bonds. The number of carboxylic acid groups (broad SMARTS) is 1. The van der Waals surface area contributed by atoms with Gasteiger partial charge in [-0.1, -0.05) is 6.92 Å². The average Bonchev–Trinajstić information content (AvgIpc) is 2.44. The second-order valence-corrected chi connectivity index (χ2v) is 5.45. The Morgan fingerprint density at radius 3 is 1.88 bits per heavy atom. The fraction of sp³-hybridized carbons (Fsp3) is 0.467. The number of halogens is 6. The van der Waals surface area contributed by atoms with Crippen molar-refractivity contribution >= 4 is 17.6 Å². The molecule has 0 atom stereocenters. The Hall–Kier alpha value is -2.30. The molecule has 1 rings (SSSR count). The lowest BCUT2D eigenvalue weighted by Gasteiger charge is -2.19. The number of carbonyl (C=O) groups excluding carboxylic acids is 1. The number of hydrogen-bond donors (Lipinski definition) is 2. The zero-order valence-corrected chi connectivity index (χ0v) is 13.5. The second-order valence-electron chi connectivity index (χ2n) is 5.45. The first-order chi connectivity index (χ1) is 11.8. The quantitative estimate of drug-likeness (QED) is 0.705. The molecule has 0 aliphatic heterocycles. The van der Waals surface area contributed by atoms with E-state index in [2.05, 4.69) is 0 Å². The van der Waals surface area contributed by atoms with Gasteiger partial charge in [0.05, 0.1) is 24.2 Å². The van der Waals surface area contributed by atoms with Crippen LogP contribution in [0, 0.1) is 0 Å². The maximum absolute atomic E-state index is 12.8. The lowest BCUT2D eigenvalue weighted by molar-refractivity contribution is -0.143. The summed E-state index contributed by atoms with van der Waals surface area (Å²) in [7, 11) is 0. The Morgan fingerprint density at radius 1 is 1.00 bits per heavy atom. The third-order valence-corrected chi connectivity index (χ3v) is 3.14. The van der Waals surface area contributed by atoms with E-state index >= 15 is 0 Å². The van der Waals surface area contributed by atoms with E-state index in [1.165, 1.54) is 4.90 Å². The first kappa shape index (κ1) is 21.7. The summed E-state index contributed by atoms with van der Waals surface area (Å²) in [5, 5.41) is 10.7. The van der Waals surface area contributed by atoms with Gasteiger partial charge in [-0.25, -0.2) is 0 Å². The summed E-state index contributed by atoms with van der Waals surface area (Å²) in [5.41, 5.74) is -3.79. The maximum Gasteiger partial charge on any atom is 0.416 e. The molecule has 0 radical (unpaired) electrons. The van der Waals surface area contributed by atoms with Crippen LogP contribution in [-0.4, -0.2) is 41.5 Å². The van der Waals surface area contributed by atoms with E-state index in [0.717, 1.165) is 0 Å². The predicted molar refractivity (Wildman–Crippen MR) is 79.4 cm³/mol. The molecule has 0 heterocycles. The normalized spacial score (nSPS) is 12.3. The van der Waals surface area contributed by atoms with E-state index in [1.807, 2.05) is 5.32 Å². The molecule has 26 heavy (non-hydrogen) atoms. The highest BCUT2D eigenvalue weighted by molar-refractivity contribution is 5.92. The van der Waals surface area contributed by atoms with E-state index in [1.54, 1.807) is 6.92 Å². The Kier molecular flexibility index (Phi) is 7.01. The number of alkyl halides is 6. The van der Waals surface area contributed by atoms with Crippen molar-refractivity contribution in [2.75, 3.05) is 25.0 Å². The van der Waals surface area contributed by atoms with Crippen LogP contribution in [0.25, 0.3) is 0 Å².